The van der Waals surface area contributed by atoms with Crippen molar-refractivity contribution in [1.29, 1.82) is 0 Å². The largest absolute Gasteiger partial charge is 1.00 e. The molecule has 0 saturated carbocycles. The second-order valence-corrected chi connectivity index (χ2v) is 7.53. The summed E-state index contributed by atoms with van der Waals surface area (Å²) in [5.41, 5.74) is 6.56. The summed E-state index contributed by atoms with van der Waals surface area (Å²) >= 11 is 0. The van der Waals surface area contributed by atoms with Crippen LogP contribution in [0.1, 0.15) is 23.2 Å². The van der Waals surface area contributed by atoms with Crippen LogP contribution in [0.2, 0.25) is 0 Å². The molecule has 2 aromatic rings. The molecule has 2 heterocycles. The van der Waals surface area contributed by atoms with Crippen molar-refractivity contribution in [1.82, 2.24) is 15.3 Å². The Morgan fingerprint density at radius 2 is 2.00 bits per heavy atom. The number of nitrogens with two attached hydrogens (primary N) is 1. The Kier molecular flexibility index (Phi) is 9.87. The van der Waals surface area contributed by atoms with Gasteiger partial charge < -0.3 is 41.6 Å². The number of hydrogen-bond acceptors (Lipinski definition) is 10. The van der Waals surface area contributed by atoms with Crippen LogP contribution in [0.15, 0.2) is 29.1 Å². The van der Waals surface area contributed by atoms with E-state index in [1.807, 2.05) is 4.90 Å². The fraction of sp³-hybridized carbons (Fsp3) is 0.350. The Labute approximate surface area is 236 Å². The minimum absolute atomic E-state index is 0. The predicted octanol–water partition coefficient (Wildman–Crippen LogP) is -4.59. The van der Waals surface area contributed by atoms with Gasteiger partial charge in [0.15, 0.2) is 5.82 Å². The van der Waals surface area contributed by atoms with E-state index in [1.54, 1.807) is 19.2 Å². The third kappa shape index (κ3) is 6.93. The number of benzene rings is 1. The quantitative estimate of drug-likeness (QED) is 0.182. The average molecular weight is 498 g/mol. The van der Waals surface area contributed by atoms with Crippen LogP contribution < -0.4 is 88.6 Å². The van der Waals surface area contributed by atoms with Gasteiger partial charge in [0, 0.05) is 37.4 Å². The van der Waals surface area contributed by atoms with E-state index in [-0.39, 0.29) is 80.9 Å². The van der Waals surface area contributed by atoms with E-state index in [1.165, 1.54) is 12.1 Å². The standard InChI is InChI=1S/C20H25N7O6.K/c1-27-12(9-23-16-15(27)18(31)26-20(21)25-16)8-22-11-4-2-10(3-5-11)17(30)24-13(19(32)33)6-7-14(28)29;/h2-5,12-13,22H,6-9H2,1H3,(H,24,30)(H,28,29)(H,32,33)(H4,21,23,25,26,31);/q;+1/p-1/t12-,13?;/m0./s1. The Hall–Kier alpha value is -2.65. The van der Waals surface area contributed by atoms with Crippen LogP contribution in [-0.4, -0.2) is 65.1 Å². The molecule has 1 aliphatic rings. The minimum Gasteiger partial charge on any atom is -0.550 e. The number of nitrogens with zero attached hydrogens (tertiary/aromatic N) is 2. The third-order valence-corrected chi connectivity index (χ3v) is 5.25. The summed E-state index contributed by atoms with van der Waals surface area (Å²) < 4.78 is 0. The summed E-state index contributed by atoms with van der Waals surface area (Å²) in [5.74, 6) is -2.89. The molecular formula is C20H24KN7O6. The summed E-state index contributed by atoms with van der Waals surface area (Å²) in [6, 6.07) is 4.94. The number of aromatic amines is 1. The first-order valence-corrected chi connectivity index (χ1v) is 10.1. The zero-order valence-electron chi connectivity index (χ0n) is 18.8. The zero-order chi connectivity index (χ0) is 24.1. The maximum absolute atomic E-state index is 12.3. The number of amides is 1. The number of anilines is 4. The fourth-order valence-electron chi connectivity index (χ4n) is 3.41. The molecule has 2 atom stereocenters. The van der Waals surface area contributed by atoms with Crippen molar-refractivity contribution in [3.63, 3.8) is 0 Å². The maximum Gasteiger partial charge on any atom is 1.00 e. The van der Waals surface area contributed by atoms with E-state index in [2.05, 4.69) is 25.9 Å². The molecule has 1 aromatic carbocycles. The van der Waals surface area contributed by atoms with Crippen molar-refractivity contribution in [3.05, 3.63) is 40.2 Å². The summed E-state index contributed by atoms with van der Waals surface area (Å²) in [6.07, 6.45) is -0.759. The van der Waals surface area contributed by atoms with Gasteiger partial charge in [-0.3, -0.25) is 14.6 Å². The molecular weight excluding hydrogens is 473 g/mol. The Balaban J connectivity index is 0.00000408. The molecule has 7 N–H and O–H groups in total. The number of aromatic nitrogens is 2. The van der Waals surface area contributed by atoms with Crippen molar-refractivity contribution in [3.8, 4) is 0 Å². The summed E-state index contributed by atoms with van der Waals surface area (Å²) in [5, 5.41) is 28.3. The van der Waals surface area contributed by atoms with Gasteiger partial charge in [0.25, 0.3) is 11.5 Å². The number of nitrogen functional groups attached to an aromatic ring is 1. The smallest absolute Gasteiger partial charge is 0.550 e. The molecule has 1 aromatic heterocycles. The van der Waals surface area contributed by atoms with Crippen LogP contribution in [-0.2, 0) is 9.59 Å². The Morgan fingerprint density at radius 1 is 1.32 bits per heavy atom. The van der Waals surface area contributed by atoms with E-state index in [0.717, 1.165) is 0 Å². The molecule has 176 valence electrons. The molecule has 0 aliphatic carbocycles. The van der Waals surface area contributed by atoms with Crippen molar-refractivity contribution < 1.29 is 76.0 Å². The second kappa shape index (κ2) is 12.2. The van der Waals surface area contributed by atoms with Crippen molar-refractivity contribution in [2.24, 2.45) is 0 Å². The number of fused-ring (bicyclic) bond motifs is 1. The number of carbonyl (C=O) groups excluding carboxylic acids is 2. The first-order chi connectivity index (χ1) is 15.7. The van der Waals surface area contributed by atoms with Crippen molar-refractivity contribution in [2.45, 2.75) is 24.9 Å². The number of likely N-dealkylation sites (N-methyl/N-ethyl adjacent to an activating group) is 1. The normalized spacial score (nSPS) is 15.2. The third-order valence-electron chi connectivity index (χ3n) is 5.25. The number of hydrogen-bond donors (Lipinski definition) is 6. The minimum atomic E-state index is -1.39. The van der Waals surface area contributed by atoms with Crippen LogP contribution in [0.5, 0.6) is 0 Å². The summed E-state index contributed by atoms with van der Waals surface area (Å²) in [4.78, 5) is 54.7. The van der Waals surface area contributed by atoms with E-state index >= 15 is 0 Å². The van der Waals surface area contributed by atoms with E-state index in [0.29, 0.717) is 30.3 Å². The number of nitrogens with one attached hydrogen (secondary N) is 4. The van der Waals surface area contributed by atoms with Gasteiger partial charge in [-0.2, -0.15) is 4.98 Å². The molecule has 0 bridgehead atoms. The maximum atomic E-state index is 12.3. The Bertz CT molecular complexity index is 1110. The molecule has 1 amide bonds. The number of rotatable bonds is 9. The molecule has 14 heteroatoms. The first kappa shape index (κ1) is 27.6. The van der Waals surface area contributed by atoms with Gasteiger partial charge in [0.05, 0.1) is 6.04 Å². The van der Waals surface area contributed by atoms with E-state index < -0.39 is 30.3 Å². The van der Waals surface area contributed by atoms with Gasteiger partial charge in [-0.25, -0.2) is 4.79 Å². The molecule has 1 unspecified atom stereocenters. The van der Waals surface area contributed by atoms with Gasteiger partial charge >= 0.3 is 57.4 Å². The topological polar surface area (TPSA) is 206 Å². The van der Waals surface area contributed by atoms with Crippen LogP contribution in [0, 0.1) is 0 Å². The molecule has 0 radical (unpaired) electrons. The zero-order valence-corrected chi connectivity index (χ0v) is 21.9. The number of carboxylic acid groups (broad SMARTS) is 2. The second-order valence-electron chi connectivity index (χ2n) is 7.53. The molecule has 13 nitrogen and oxygen atoms in total. The van der Waals surface area contributed by atoms with Crippen LogP contribution in [0.4, 0.5) is 23.1 Å². The molecule has 1 aliphatic heterocycles. The molecule has 0 fully saturated rings. The van der Waals surface area contributed by atoms with E-state index in [9.17, 15) is 24.3 Å². The summed E-state index contributed by atoms with van der Waals surface area (Å²) in [7, 11) is 1.78. The Morgan fingerprint density at radius 3 is 2.62 bits per heavy atom. The molecule has 0 saturated heterocycles. The number of carbonyl (C=O) groups is 3. The molecule has 34 heavy (non-hydrogen) atoms. The first-order valence-electron chi connectivity index (χ1n) is 10.1. The summed E-state index contributed by atoms with van der Waals surface area (Å²) in [6.45, 7) is 0.998. The van der Waals surface area contributed by atoms with Gasteiger partial charge in [-0.15, -0.1) is 0 Å². The SMILES string of the molecule is CN1c2c(nc(N)[nH]c2=O)NC[C@@H]1CNc1ccc(C(=O)NC(CCC(=O)[O-])C(=O)O)cc1.[K+]. The number of aliphatic carboxylic acids is 2. The van der Waals surface area contributed by atoms with E-state index in [4.69, 9.17) is 10.8 Å². The monoisotopic (exact) mass is 497 g/mol. The number of H-pyrrole nitrogens is 1. The van der Waals surface area contributed by atoms with Crippen LogP contribution >= 0.6 is 0 Å². The van der Waals surface area contributed by atoms with Crippen LogP contribution in [0.3, 0.4) is 0 Å². The van der Waals surface area contributed by atoms with Crippen molar-refractivity contribution >= 4 is 41.0 Å². The van der Waals surface area contributed by atoms with Gasteiger partial charge in [0.2, 0.25) is 5.95 Å². The van der Waals surface area contributed by atoms with Gasteiger partial charge in [0.1, 0.15) is 11.7 Å². The number of carboxylic acids is 2. The molecule has 0 spiro atoms. The average Bonchev–Trinajstić information content (AvgIpc) is 2.75. The van der Waals surface area contributed by atoms with Crippen molar-refractivity contribution in [2.75, 3.05) is 41.4 Å². The fourth-order valence-corrected chi connectivity index (χ4v) is 3.41. The van der Waals surface area contributed by atoms with Gasteiger partial charge in [-0.05, 0) is 37.1 Å². The molecule has 3 rings (SSSR count). The van der Waals surface area contributed by atoms with Crippen LogP contribution in [0.25, 0.3) is 0 Å². The predicted molar refractivity (Wildman–Crippen MR) is 118 cm³/mol. The van der Waals surface area contributed by atoms with Gasteiger partial charge in [-0.1, -0.05) is 0 Å².